The van der Waals surface area contributed by atoms with Crippen molar-refractivity contribution in [2.24, 2.45) is 5.92 Å². The fraction of sp³-hybridized carbons (Fsp3) is 0.562. The van der Waals surface area contributed by atoms with Gasteiger partial charge in [-0.25, -0.2) is 0 Å². The van der Waals surface area contributed by atoms with Gasteiger partial charge in [-0.3, -0.25) is 4.79 Å². The molecule has 0 aliphatic carbocycles. The van der Waals surface area contributed by atoms with Crippen LogP contribution in [0.2, 0.25) is 0 Å². The van der Waals surface area contributed by atoms with Crippen molar-refractivity contribution in [3.05, 3.63) is 24.3 Å². The minimum Gasteiger partial charge on any atom is -0.381 e. The summed E-state index contributed by atoms with van der Waals surface area (Å²) in [5.74, 6) is 0.582. The van der Waals surface area contributed by atoms with Crippen molar-refractivity contribution in [2.75, 3.05) is 36.9 Å². The largest absolute Gasteiger partial charge is 0.381 e. The van der Waals surface area contributed by atoms with Crippen LogP contribution in [-0.2, 0) is 9.53 Å². The van der Waals surface area contributed by atoms with Crippen molar-refractivity contribution in [1.29, 1.82) is 0 Å². The normalized spacial score (nSPS) is 16.8. The van der Waals surface area contributed by atoms with E-state index in [1.807, 2.05) is 24.3 Å². The standard InChI is InChI=1S/C16H25N3O2/c1-12(2)11-21-9-5-8-17-16(20)15-10-18-13-6-3-4-7-14(13)19-15/h3-4,6-7,12,15,18-19H,5,8-11H2,1-2H3,(H,17,20). The summed E-state index contributed by atoms with van der Waals surface area (Å²) in [6, 6.07) is 7.69. The van der Waals surface area contributed by atoms with E-state index in [4.69, 9.17) is 4.74 Å². The first-order valence-corrected chi connectivity index (χ1v) is 7.61. The Bertz CT molecular complexity index is 463. The number of para-hydroxylation sites is 2. The third-order valence-electron chi connectivity index (χ3n) is 3.29. The zero-order chi connectivity index (χ0) is 15.1. The quantitative estimate of drug-likeness (QED) is 0.673. The Balaban J connectivity index is 1.66. The van der Waals surface area contributed by atoms with E-state index >= 15 is 0 Å². The van der Waals surface area contributed by atoms with Gasteiger partial charge in [-0.2, -0.15) is 0 Å². The molecule has 1 aliphatic heterocycles. The molecule has 1 amide bonds. The topological polar surface area (TPSA) is 62.4 Å². The molecule has 116 valence electrons. The minimum absolute atomic E-state index is 0.0286. The van der Waals surface area contributed by atoms with E-state index in [1.54, 1.807) is 0 Å². The first kappa shape index (κ1) is 15.6. The van der Waals surface area contributed by atoms with E-state index < -0.39 is 0 Å². The third-order valence-corrected chi connectivity index (χ3v) is 3.29. The molecule has 0 fully saturated rings. The summed E-state index contributed by atoms with van der Waals surface area (Å²) in [7, 11) is 0. The molecule has 0 bridgehead atoms. The van der Waals surface area contributed by atoms with E-state index in [9.17, 15) is 4.79 Å². The number of carbonyl (C=O) groups excluding carboxylic acids is 1. The van der Waals surface area contributed by atoms with E-state index in [-0.39, 0.29) is 11.9 Å². The Morgan fingerprint density at radius 2 is 2.14 bits per heavy atom. The summed E-state index contributed by atoms with van der Waals surface area (Å²) in [4.78, 5) is 12.1. The number of ether oxygens (including phenoxy) is 1. The molecule has 1 aromatic rings. The van der Waals surface area contributed by atoms with Gasteiger partial charge in [0.2, 0.25) is 5.91 Å². The van der Waals surface area contributed by atoms with Crippen LogP contribution in [0.15, 0.2) is 24.3 Å². The van der Waals surface area contributed by atoms with Gasteiger partial charge in [0, 0.05) is 26.3 Å². The van der Waals surface area contributed by atoms with E-state index in [0.717, 1.165) is 24.4 Å². The monoisotopic (exact) mass is 291 g/mol. The second-order valence-electron chi connectivity index (χ2n) is 5.74. The van der Waals surface area contributed by atoms with E-state index in [0.29, 0.717) is 25.6 Å². The Morgan fingerprint density at radius 3 is 2.90 bits per heavy atom. The van der Waals surface area contributed by atoms with Crippen LogP contribution in [0.1, 0.15) is 20.3 Å². The molecule has 1 atom stereocenters. The van der Waals surface area contributed by atoms with Crippen LogP contribution in [-0.4, -0.2) is 38.3 Å². The second kappa shape index (κ2) is 7.88. The van der Waals surface area contributed by atoms with Gasteiger partial charge < -0.3 is 20.7 Å². The molecule has 0 aromatic heterocycles. The van der Waals surface area contributed by atoms with Crippen molar-refractivity contribution < 1.29 is 9.53 Å². The fourth-order valence-electron chi connectivity index (χ4n) is 2.20. The van der Waals surface area contributed by atoms with Gasteiger partial charge in [-0.1, -0.05) is 26.0 Å². The Hall–Kier alpha value is -1.75. The lowest BCUT2D eigenvalue weighted by atomic mass is 10.1. The first-order chi connectivity index (χ1) is 10.2. The van der Waals surface area contributed by atoms with Crippen molar-refractivity contribution >= 4 is 17.3 Å². The summed E-state index contributed by atoms with van der Waals surface area (Å²) < 4.78 is 5.49. The summed E-state index contributed by atoms with van der Waals surface area (Å²) in [6.45, 7) is 6.97. The van der Waals surface area contributed by atoms with Gasteiger partial charge in [0.05, 0.1) is 11.4 Å². The molecule has 0 saturated carbocycles. The van der Waals surface area contributed by atoms with Crippen LogP contribution in [0, 0.1) is 5.92 Å². The Labute approximate surface area is 126 Å². The number of amides is 1. The Kier molecular flexibility index (Phi) is 5.87. The molecule has 1 heterocycles. The number of fused-ring (bicyclic) bond motifs is 1. The summed E-state index contributed by atoms with van der Waals surface area (Å²) >= 11 is 0. The number of anilines is 2. The van der Waals surface area contributed by atoms with E-state index in [1.165, 1.54) is 0 Å². The van der Waals surface area contributed by atoms with Gasteiger partial charge in [-0.05, 0) is 24.5 Å². The summed E-state index contributed by atoms with van der Waals surface area (Å²) in [5, 5.41) is 9.48. The van der Waals surface area contributed by atoms with Crippen molar-refractivity contribution in [2.45, 2.75) is 26.3 Å². The smallest absolute Gasteiger partial charge is 0.244 e. The molecule has 21 heavy (non-hydrogen) atoms. The lowest BCUT2D eigenvalue weighted by Crippen LogP contribution is -2.46. The molecular formula is C16H25N3O2. The molecule has 0 spiro atoms. The lowest BCUT2D eigenvalue weighted by molar-refractivity contribution is -0.121. The number of benzene rings is 1. The average Bonchev–Trinajstić information content (AvgIpc) is 2.49. The summed E-state index contributed by atoms with van der Waals surface area (Å²) in [5.41, 5.74) is 2.02. The molecule has 5 heteroatoms. The maximum Gasteiger partial charge on any atom is 0.244 e. The second-order valence-corrected chi connectivity index (χ2v) is 5.74. The molecule has 1 unspecified atom stereocenters. The number of hydrogen-bond acceptors (Lipinski definition) is 4. The molecule has 0 saturated heterocycles. The van der Waals surface area contributed by atoms with Crippen LogP contribution in [0.4, 0.5) is 11.4 Å². The highest BCUT2D eigenvalue weighted by Crippen LogP contribution is 2.24. The zero-order valence-electron chi connectivity index (χ0n) is 12.8. The molecule has 5 nitrogen and oxygen atoms in total. The number of nitrogens with one attached hydrogen (secondary N) is 3. The fourth-order valence-corrected chi connectivity index (χ4v) is 2.20. The number of carbonyl (C=O) groups is 1. The van der Waals surface area contributed by atoms with Crippen LogP contribution < -0.4 is 16.0 Å². The highest BCUT2D eigenvalue weighted by molar-refractivity contribution is 5.88. The minimum atomic E-state index is -0.225. The summed E-state index contributed by atoms with van der Waals surface area (Å²) in [6.07, 6.45) is 0.842. The van der Waals surface area contributed by atoms with Crippen LogP contribution in [0.25, 0.3) is 0 Å². The maximum absolute atomic E-state index is 12.1. The average molecular weight is 291 g/mol. The van der Waals surface area contributed by atoms with Gasteiger partial charge in [0.1, 0.15) is 6.04 Å². The zero-order valence-corrected chi connectivity index (χ0v) is 12.8. The predicted octanol–water partition coefficient (Wildman–Crippen LogP) is 2.07. The van der Waals surface area contributed by atoms with E-state index in [2.05, 4.69) is 29.8 Å². The van der Waals surface area contributed by atoms with Crippen LogP contribution in [0.5, 0.6) is 0 Å². The lowest BCUT2D eigenvalue weighted by Gasteiger charge is -2.27. The molecule has 0 radical (unpaired) electrons. The van der Waals surface area contributed by atoms with Crippen molar-refractivity contribution in [1.82, 2.24) is 5.32 Å². The maximum atomic E-state index is 12.1. The van der Waals surface area contributed by atoms with Gasteiger partial charge in [0.15, 0.2) is 0 Å². The van der Waals surface area contributed by atoms with Crippen molar-refractivity contribution in [3.8, 4) is 0 Å². The van der Waals surface area contributed by atoms with Gasteiger partial charge in [-0.15, -0.1) is 0 Å². The molecule has 1 aromatic carbocycles. The van der Waals surface area contributed by atoms with Crippen LogP contribution >= 0.6 is 0 Å². The molecular weight excluding hydrogens is 266 g/mol. The molecule has 3 N–H and O–H groups in total. The molecule has 1 aliphatic rings. The van der Waals surface area contributed by atoms with Gasteiger partial charge in [0.25, 0.3) is 0 Å². The van der Waals surface area contributed by atoms with Gasteiger partial charge >= 0.3 is 0 Å². The molecule has 2 rings (SSSR count). The Morgan fingerprint density at radius 1 is 1.38 bits per heavy atom. The SMILES string of the molecule is CC(C)COCCCNC(=O)C1CNc2ccccc2N1. The number of hydrogen-bond donors (Lipinski definition) is 3. The highest BCUT2D eigenvalue weighted by Gasteiger charge is 2.22. The number of rotatable bonds is 7. The van der Waals surface area contributed by atoms with Crippen molar-refractivity contribution in [3.63, 3.8) is 0 Å². The van der Waals surface area contributed by atoms with Crippen LogP contribution in [0.3, 0.4) is 0 Å². The predicted molar refractivity (Wildman–Crippen MR) is 85.6 cm³/mol. The third kappa shape index (κ3) is 4.93. The highest BCUT2D eigenvalue weighted by atomic mass is 16.5. The first-order valence-electron chi connectivity index (χ1n) is 7.61.